The maximum atomic E-state index is 12.1. The Balaban J connectivity index is 3.76. The Morgan fingerprint density at radius 3 is 1.57 bits per heavy atom. The molecule has 14 N–H and O–H groups in total. The van der Waals surface area contributed by atoms with E-state index in [0.717, 1.165) is 0 Å². The van der Waals surface area contributed by atoms with Crippen molar-refractivity contribution in [1.82, 2.24) is 5.32 Å². The van der Waals surface area contributed by atoms with Gasteiger partial charge in [0.1, 0.15) is 12.6 Å². The summed E-state index contributed by atoms with van der Waals surface area (Å²) in [6.45, 7) is -1.06. The van der Waals surface area contributed by atoms with Gasteiger partial charge in [0.15, 0.2) is 30.6 Å². The van der Waals surface area contributed by atoms with Crippen LogP contribution in [0, 0.1) is 0 Å². The summed E-state index contributed by atoms with van der Waals surface area (Å²) >= 11 is 0. The van der Waals surface area contributed by atoms with Crippen molar-refractivity contribution in [2.45, 2.75) is 43.1 Å². The Morgan fingerprint density at radius 1 is 0.643 bits per heavy atom. The number of carboxylic acid groups (broad SMARTS) is 1. The number of carbonyl (C=O) groups excluding carboxylic acids is 6. The summed E-state index contributed by atoms with van der Waals surface area (Å²) in [4.78, 5) is 82.2. The smallest absolute Gasteiger partial charge is 0.406 e. The van der Waals surface area contributed by atoms with Crippen LogP contribution in [-0.4, -0.2) is 90.9 Å². The lowest BCUT2D eigenvalue weighted by Crippen LogP contribution is -2.63. The van der Waals surface area contributed by atoms with E-state index >= 15 is 0 Å². The van der Waals surface area contributed by atoms with Gasteiger partial charge >= 0.3 is 42.5 Å². The van der Waals surface area contributed by atoms with E-state index in [1.807, 2.05) is 0 Å². The van der Waals surface area contributed by atoms with Crippen molar-refractivity contribution in [2.75, 3.05) is 6.61 Å². The van der Waals surface area contributed by atoms with E-state index in [2.05, 4.69) is 10.1 Å². The number of hydrogen-bond acceptors (Lipinski definition) is 14. The molecule has 0 radical (unpaired) electrons. The molecule has 1 aromatic rings. The second-order valence-electron chi connectivity index (χ2n) is 7.91. The fraction of sp³-hybridized carbons (Fsp3) is 0.381. The van der Waals surface area contributed by atoms with Crippen LogP contribution in [0.3, 0.4) is 0 Å². The highest BCUT2D eigenvalue weighted by molar-refractivity contribution is 5.74. The number of benzene rings is 1. The van der Waals surface area contributed by atoms with E-state index in [1.54, 1.807) is 30.3 Å². The Labute approximate surface area is 235 Å². The molecule has 6 amide bonds. The fourth-order valence-corrected chi connectivity index (χ4v) is 3.48. The van der Waals surface area contributed by atoms with Crippen molar-refractivity contribution >= 4 is 42.5 Å². The largest absolute Gasteiger partial charge is 0.480 e. The topological polar surface area (TPSA) is 363 Å². The molecule has 0 saturated heterocycles. The van der Waals surface area contributed by atoms with Crippen LogP contribution in [0.2, 0.25) is 0 Å². The van der Waals surface area contributed by atoms with Gasteiger partial charge in [0.25, 0.3) is 0 Å². The van der Waals surface area contributed by atoms with Crippen LogP contribution in [-0.2, 0) is 39.6 Å². The van der Waals surface area contributed by atoms with Gasteiger partial charge in [-0.1, -0.05) is 30.3 Å². The number of hydrogen-bond donors (Lipinski definition) is 8. The van der Waals surface area contributed by atoms with Crippen molar-refractivity contribution < 1.29 is 67.1 Å². The predicted molar refractivity (Wildman–Crippen MR) is 133 cm³/mol. The SMILES string of the molecule is NC(=O)OC[C@@H](OC(N)=O)[C@@H](OC(N)=O)[C@H](OC(N)=O)[C@H](OC(N)=O)C(N[C@@H](Cc1ccccc1)C(=O)O)OC(N)=O. The van der Waals surface area contributed by atoms with Crippen molar-refractivity contribution in [3.8, 4) is 0 Å². The molecule has 0 aliphatic rings. The molecule has 1 unspecified atom stereocenters. The number of primary amides is 6. The van der Waals surface area contributed by atoms with E-state index in [1.165, 1.54) is 0 Å². The number of ether oxygens (including phenoxy) is 6. The number of carbonyl (C=O) groups is 7. The molecule has 0 saturated carbocycles. The summed E-state index contributed by atoms with van der Waals surface area (Å²) in [7, 11) is 0. The van der Waals surface area contributed by atoms with Crippen molar-refractivity contribution in [2.24, 2.45) is 34.4 Å². The predicted octanol–water partition coefficient (Wildman–Crippen LogP) is -2.36. The lowest BCUT2D eigenvalue weighted by atomic mass is 9.99. The Morgan fingerprint density at radius 2 is 1.12 bits per heavy atom. The van der Waals surface area contributed by atoms with Crippen LogP contribution in [0.5, 0.6) is 0 Å². The van der Waals surface area contributed by atoms with Gasteiger partial charge in [-0.3, -0.25) is 10.1 Å². The molecule has 0 heterocycles. The van der Waals surface area contributed by atoms with Gasteiger partial charge < -0.3 is 67.9 Å². The minimum Gasteiger partial charge on any atom is -0.480 e. The highest BCUT2D eigenvalue weighted by Gasteiger charge is 2.49. The molecule has 0 aliphatic carbocycles. The molecule has 232 valence electrons. The standard InChI is InChI=1S/C21H29N7O14/c22-16(31)37-7-10(38-17(23)32)11(39-18(24)33)12(40-19(25)34)13(41-20(26)35)14(42-21(27)36)28-9(15(29)30)6-8-4-2-1-3-5-8/h1-5,9-14,28H,6-7H2,(H2,22,31)(H2,23,32)(H2,24,33)(H2,25,34)(H2,26,35)(H2,27,36)(H,29,30)/t9-,10+,11+,12-,13-,14?/m0/s1. The average molecular weight is 603 g/mol. The zero-order valence-corrected chi connectivity index (χ0v) is 21.5. The van der Waals surface area contributed by atoms with Crippen molar-refractivity contribution in [3.63, 3.8) is 0 Å². The first-order valence-electron chi connectivity index (χ1n) is 11.4. The first-order chi connectivity index (χ1) is 19.6. The average Bonchev–Trinajstić information content (AvgIpc) is 2.86. The number of carboxylic acids is 1. The molecule has 0 fully saturated rings. The lowest BCUT2D eigenvalue weighted by Gasteiger charge is -2.37. The first-order valence-corrected chi connectivity index (χ1v) is 11.4. The van der Waals surface area contributed by atoms with Gasteiger partial charge in [0, 0.05) is 0 Å². The molecule has 0 spiro atoms. The first kappa shape index (κ1) is 34.3. The second-order valence-corrected chi connectivity index (χ2v) is 7.91. The third-order valence-electron chi connectivity index (χ3n) is 4.92. The molecule has 0 aromatic heterocycles. The van der Waals surface area contributed by atoms with Crippen LogP contribution < -0.4 is 39.7 Å². The Bertz CT molecular complexity index is 1140. The normalized spacial score (nSPS) is 14.8. The zero-order chi connectivity index (χ0) is 32.0. The van der Waals surface area contributed by atoms with Crippen LogP contribution in [0.4, 0.5) is 28.8 Å². The molecule has 42 heavy (non-hydrogen) atoms. The summed E-state index contributed by atoms with van der Waals surface area (Å²) < 4.78 is 28.9. The monoisotopic (exact) mass is 603 g/mol. The highest BCUT2D eigenvalue weighted by atomic mass is 16.7. The van der Waals surface area contributed by atoms with Crippen LogP contribution in [0.25, 0.3) is 0 Å². The van der Waals surface area contributed by atoms with Gasteiger partial charge in [-0.15, -0.1) is 0 Å². The van der Waals surface area contributed by atoms with Crippen molar-refractivity contribution in [3.05, 3.63) is 35.9 Å². The third-order valence-corrected chi connectivity index (χ3v) is 4.92. The van der Waals surface area contributed by atoms with E-state index in [9.17, 15) is 38.7 Å². The summed E-state index contributed by atoms with van der Waals surface area (Å²) in [5.74, 6) is -1.53. The number of aliphatic carboxylic acids is 1. The van der Waals surface area contributed by atoms with Gasteiger partial charge in [0.2, 0.25) is 0 Å². The zero-order valence-electron chi connectivity index (χ0n) is 21.5. The summed E-state index contributed by atoms with van der Waals surface area (Å²) in [6.07, 6.45) is -21.0. The molecular formula is C21H29N7O14. The minimum atomic E-state index is -2.34. The maximum Gasteiger partial charge on any atom is 0.406 e. The maximum absolute atomic E-state index is 12.1. The molecule has 21 heteroatoms. The van der Waals surface area contributed by atoms with Gasteiger partial charge in [-0.25, -0.2) is 28.8 Å². The molecule has 1 rings (SSSR count). The van der Waals surface area contributed by atoms with Crippen LogP contribution >= 0.6 is 0 Å². The molecule has 1 aromatic carbocycles. The van der Waals surface area contributed by atoms with E-state index in [0.29, 0.717) is 5.56 Å². The quantitative estimate of drug-likeness (QED) is 0.0723. The lowest BCUT2D eigenvalue weighted by molar-refractivity contribution is -0.153. The third kappa shape index (κ3) is 12.4. The van der Waals surface area contributed by atoms with Crippen molar-refractivity contribution in [1.29, 1.82) is 0 Å². The van der Waals surface area contributed by atoms with E-state index in [-0.39, 0.29) is 6.42 Å². The molecular weight excluding hydrogens is 574 g/mol. The number of amides is 6. The number of rotatable bonds is 16. The van der Waals surface area contributed by atoms with E-state index < -0.39 is 85.8 Å². The Hall–Kier alpha value is -5.73. The van der Waals surface area contributed by atoms with E-state index in [4.69, 9.17) is 58.1 Å². The van der Waals surface area contributed by atoms with Crippen LogP contribution in [0.1, 0.15) is 5.56 Å². The number of nitrogens with two attached hydrogens (primary N) is 6. The second kappa shape index (κ2) is 16.4. The van der Waals surface area contributed by atoms with Gasteiger partial charge in [0.05, 0.1) is 0 Å². The fourth-order valence-electron chi connectivity index (χ4n) is 3.48. The van der Waals surface area contributed by atoms with Gasteiger partial charge in [-0.05, 0) is 12.0 Å². The summed E-state index contributed by atoms with van der Waals surface area (Å²) in [6, 6.07) is 6.31. The Kier molecular flexibility index (Phi) is 13.4. The summed E-state index contributed by atoms with van der Waals surface area (Å²) in [5.41, 5.74) is 30.8. The minimum absolute atomic E-state index is 0.277. The van der Waals surface area contributed by atoms with Crippen LogP contribution in [0.15, 0.2) is 30.3 Å². The molecule has 0 aliphatic heterocycles. The highest BCUT2D eigenvalue weighted by Crippen LogP contribution is 2.23. The summed E-state index contributed by atoms with van der Waals surface area (Å²) in [5, 5.41) is 12.1. The van der Waals surface area contributed by atoms with Gasteiger partial charge in [-0.2, -0.15) is 0 Å². The molecule has 6 atom stereocenters. The molecule has 21 nitrogen and oxygen atoms in total. The number of nitrogens with one attached hydrogen (secondary N) is 1. The molecule has 0 bridgehead atoms.